The number of carboxylic acids is 1. The lowest BCUT2D eigenvalue weighted by Gasteiger charge is -2.30. The average molecular weight is 258 g/mol. The van der Waals surface area contributed by atoms with Crippen LogP contribution in [-0.2, 0) is 9.53 Å². The van der Waals surface area contributed by atoms with Crippen molar-refractivity contribution in [1.29, 1.82) is 0 Å². The van der Waals surface area contributed by atoms with Crippen molar-refractivity contribution in [2.75, 3.05) is 0 Å². The summed E-state index contributed by atoms with van der Waals surface area (Å²) in [6.45, 7) is 1.70. The molecule has 0 saturated heterocycles. The Morgan fingerprint density at radius 1 is 1.17 bits per heavy atom. The summed E-state index contributed by atoms with van der Waals surface area (Å²) >= 11 is 0. The van der Waals surface area contributed by atoms with E-state index >= 15 is 0 Å². The molecule has 1 aromatic rings. The third kappa shape index (κ3) is 2.64. The summed E-state index contributed by atoms with van der Waals surface area (Å²) < 4.78 is 31.2. The van der Waals surface area contributed by atoms with E-state index in [1.54, 1.807) is 18.2 Å². The summed E-state index contributed by atoms with van der Waals surface area (Å²) in [5, 5.41) is 8.42. The summed E-state index contributed by atoms with van der Waals surface area (Å²) in [5.74, 6) is -7.51. The van der Waals surface area contributed by atoms with Crippen molar-refractivity contribution in [3.05, 3.63) is 35.9 Å². The number of halogens is 2. The molecule has 18 heavy (non-hydrogen) atoms. The second-order valence-corrected chi connectivity index (χ2v) is 4.15. The lowest BCUT2D eigenvalue weighted by atomic mass is 10.0. The van der Waals surface area contributed by atoms with Gasteiger partial charge in [-0.25, -0.2) is 9.59 Å². The molecule has 0 aliphatic carbocycles. The van der Waals surface area contributed by atoms with Crippen molar-refractivity contribution in [2.45, 2.75) is 25.4 Å². The van der Waals surface area contributed by atoms with Crippen molar-refractivity contribution in [3.8, 4) is 0 Å². The van der Waals surface area contributed by atoms with Gasteiger partial charge in [0.15, 0.2) is 5.60 Å². The highest BCUT2D eigenvalue weighted by Gasteiger charge is 2.56. The maximum absolute atomic E-state index is 13.3. The van der Waals surface area contributed by atoms with Gasteiger partial charge in [0.1, 0.15) is 0 Å². The Hall–Kier alpha value is -1.98. The smallest absolute Gasteiger partial charge is 0.380 e. The standard InChI is InChI=1S/C12H12F2O4/c1-11(2,12(13,14)10(16)17)18-9(15)8-6-4-3-5-7-8/h3-7H,1-2H3,(H,16,17). The van der Waals surface area contributed by atoms with Crippen molar-refractivity contribution in [2.24, 2.45) is 0 Å². The quantitative estimate of drug-likeness (QED) is 0.842. The number of benzene rings is 1. The summed E-state index contributed by atoms with van der Waals surface area (Å²) in [7, 11) is 0. The van der Waals surface area contributed by atoms with Crippen LogP contribution in [0.25, 0.3) is 0 Å². The van der Waals surface area contributed by atoms with Crippen LogP contribution in [0.2, 0.25) is 0 Å². The largest absolute Gasteiger partial charge is 0.477 e. The maximum Gasteiger partial charge on any atom is 0.380 e. The number of alkyl halides is 2. The number of carboxylic acid groups (broad SMARTS) is 1. The monoisotopic (exact) mass is 258 g/mol. The molecule has 0 spiro atoms. The summed E-state index contributed by atoms with van der Waals surface area (Å²) in [4.78, 5) is 22.0. The van der Waals surface area contributed by atoms with Gasteiger partial charge in [-0.05, 0) is 26.0 Å². The molecule has 6 heteroatoms. The van der Waals surface area contributed by atoms with Gasteiger partial charge in [0, 0.05) is 0 Å². The number of carbonyl (C=O) groups is 2. The molecule has 1 rings (SSSR count). The highest BCUT2D eigenvalue weighted by Crippen LogP contribution is 2.32. The lowest BCUT2D eigenvalue weighted by molar-refractivity contribution is -0.200. The number of hydrogen-bond acceptors (Lipinski definition) is 3. The van der Waals surface area contributed by atoms with Crippen LogP contribution in [0.15, 0.2) is 30.3 Å². The van der Waals surface area contributed by atoms with E-state index in [2.05, 4.69) is 4.74 Å². The van der Waals surface area contributed by atoms with Crippen LogP contribution in [0.5, 0.6) is 0 Å². The van der Waals surface area contributed by atoms with E-state index in [0.29, 0.717) is 0 Å². The van der Waals surface area contributed by atoms with Gasteiger partial charge < -0.3 is 9.84 Å². The van der Waals surface area contributed by atoms with Crippen molar-refractivity contribution in [1.82, 2.24) is 0 Å². The fraction of sp³-hybridized carbons (Fsp3) is 0.333. The van der Waals surface area contributed by atoms with Gasteiger partial charge in [-0.1, -0.05) is 18.2 Å². The normalized spacial score (nSPS) is 12.0. The molecule has 0 radical (unpaired) electrons. The van der Waals surface area contributed by atoms with Crippen LogP contribution >= 0.6 is 0 Å². The molecule has 0 bridgehead atoms. The highest BCUT2D eigenvalue weighted by atomic mass is 19.3. The Kier molecular flexibility index (Phi) is 3.69. The van der Waals surface area contributed by atoms with Crippen molar-refractivity contribution >= 4 is 11.9 Å². The summed E-state index contributed by atoms with van der Waals surface area (Å²) in [6.07, 6.45) is 0. The van der Waals surface area contributed by atoms with E-state index in [1.165, 1.54) is 12.1 Å². The lowest BCUT2D eigenvalue weighted by Crippen LogP contribution is -2.51. The minimum absolute atomic E-state index is 0.0757. The first-order valence-corrected chi connectivity index (χ1v) is 5.08. The Balaban J connectivity index is 2.91. The predicted molar refractivity (Wildman–Crippen MR) is 58.5 cm³/mol. The zero-order valence-corrected chi connectivity index (χ0v) is 9.81. The molecule has 0 aromatic heterocycles. The van der Waals surface area contributed by atoms with Crippen LogP contribution < -0.4 is 0 Å². The fourth-order valence-corrected chi connectivity index (χ4v) is 1.19. The van der Waals surface area contributed by atoms with E-state index < -0.39 is 23.5 Å². The second kappa shape index (κ2) is 4.72. The number of rotatable bonds is 4. The zero-order valence-electron chi connectivity index (χ0n) is 9.81. The van der Waals surface area contributed by atoms with Gasteiger partial charge in [0.2, 0.25) is 0 Å². The fourth-order valence-electron chi connectivity index (χ4n) is 1.19. The first-order valence-electron chi connectivity index (χ1n) is 5.08. The second-order valence-electron chi connectivity index (χ2n) is 4.15. The SMILES string of the molecule is CC(C)(OC(=O)c1ccccc1)C(F)(F)C(=O)O. The molecule has 0 atom stereocenters. The molecule has 4 nitrogen and oxygen atoms in total. The zero-order chi connectivity index (χ0) is 14.0. The number of hydrogen-bond donors (Lipinski definition) is 1. The molecule has 0 aliphatic heterocycles. The minimum atomic E-state index is -4.17. The Labute approximate surface area is 102 Å². The topological polar surface area (TPSA) is 63.6 Å². The molecule has 1 N–H and O–H groups in total. The third-order valence-electron chi connectivity index (χ3n) is 2.38. The maximum atomic E-state index is 13.3. The first kappa shape index (κ1) is 14.1. The molecule has 98 valence electrons. The van der Waals surface area contributed by atoms with Gasteiger partial charge in [-0.15, -0.1) is 0 Å². The van der Waals surface area contributed by atoms with E-state index in [4.69, 9.17) is 5.11 Å². The molecule has 0 fully saturated rings. The van der Waals surface area contributed by atoms with E-state index in [1.807, 2.05) is 0 Å². The molecule has 0 saturated carbocycles. The molecule has 0 amide bonds. The van der Waals surface area contributed by atoms with E-state index in [0.717, 1.165) is 13.8 Å². The van der Waals surface area contributed by atoms with Crippen LogP contribution in [0.1, 0.15) is 24.2 Å². The predicted octanol–water partition coefficient (Wildman–Crippen LogP) is 2.34. The van der Waals surface area contributed by atoms with E-state index in [9.17, 15) is 18.4 Å². The average Bonchev–Trinajstić information content (AvgIpc) is 2.29. The molecule has 1 aromatic carbocycles. The molecule has 0 heterocycles. The van der Waals surface area contributed by atoms with Gasteiger partial charge >= 0.3 is 17.9 Å². The summed E-state index contributed by atoms with van der Waals surface area (Å²) in [6, 6.07) is 7.50. The first-order chi connectivity index (χ1) is 8.18. The van der Waals surface area contributed by atoms with Gasteiger partial charge in [-0.3, -0.25) is 0 Å². The van der Waals surface area contributed by atoms with Crippen molar-refractivity contribution in [3.63, 3.8) is 0 Å². The van der Waals surface area contributed by atoms with E-state index in [-0.39, 0.29) is 5.56 Å². The third-order valence-corrected chi connectivity index (χ3v) is 2.38. The van der Waals surface area contributed by atoms with Crippen LogP contribution in [0.3, 0.4) is 0 Å². The van der Waals surface area contributed by atoms with Gasteiger partial charge in [0.05, 0.1) is 5.56 Å². The highest BCUT2D eigenvalue weighted by molar-refractivity contribution is 5.90. The molecular formula is C12H12F2O4. The Morgan fingerprint density at radius 3 is 2.11 bits per heavy atom. The van der Waals surface area contributed by atoms with Crippen molar-refractivity contribution < 1.29 is 28.2 Å². The summed E-state index contributed by atoms with van der Waals surface area (Å²) in [5.41, 5.74) is -2.36. The number of esters is 1. The Morgan fingerprint density at radius 2 is 1.67 bits per heavy atom. The molecular weight excluding hydrogens is 246 g/mol. The Bertz CT molecular complexity index is 454. The minimum Gasteiger partial charge on any atom is -0.477 e. The molecule has 0 unspecified atom stereocenters. The molecule has 0 aliphatic rings. The van der Waals surface area contributed by atoms with Crippen LogP contribution in [0.4, 0.5) is 8.78 Å². The van der Waals surface area contributed by atoms with Crippen LogP contribution in [0, 0.1) is 0 Å². The van der Waals surface area contributed by atoms with Gasteiger partial charge in [-0.2, -0.15) is 8.78 Å². The van der Waals surface area contributed by atoms with Crippen LogP contribution in [-0.4, -0.2) is 28.6 Å². The number of ether oxygens (including phenoxy) is 1. The number of carbonyl (C=O) groups excluding carboxylic acids is 1. The number of aliphatic carboxylic acids is 1. The van der Waals surface area contributed by atoms with Gasteiger partial charge in [0.25, 0.3) is 0 Å².